The fraction of sp³-hybridized carbons (Fsp3) is 0.138. The number of carbonyl (C=O) groups is 1. The molecular formula is C29H17F4N5O5S. The summed E-state index contributed by atoms with van der Waals surface area (Å²) in [4.78, 5) is 26.6. The van der Waals surface area contributed by atoms with E-state index in [-0.39, 0.29) is 11.3 Å². The summed E-state index contributed by atoms with van der Waals surface area (Å²) in [6.45, 7) is 1.02. The molecule has 4 bridgehead atoms. The third-order valence-electron chi connectivity index (χ3n) is 6.59. The Bertz CT molecular complexity index is 1930. The largest absolute Gasteiger partial charge is 0.504 e. The van der Waals surface area contributed by atoms with Crippen LogP contribution in [0.3, 0.4) is 0 Å². The number of likely N-dealkylation sites (N-methyl/N-ethyl adjacent to an activating group) is 1. The number of halogens is 4. The van der Waals surface area contributed by atoms with Crippen molar-refractivity contribution in [2.24, 2.45) is 4.99 Å². The van der Waals surface area contributed by atoms with Gasteiger partial charge >= 0.3 is 5.97 Å². The second-order valence-electron chi connectivity index (χ2n) is 9.46. The van der Waals surface area contributed by atoms with Gasteiger partial charge in [0.25, 0.3) is 5.88 Å². The fourth-order valence-corrected chi connectivity index (χ4v) is 5.00. The highest BCUT2D eigenvalue weighted by molar-refractivity contribution is 7.95. The number of benzene rings is 2. The van der Waals surface area contributed by atoms with Gasteiger partial charge in [0, 0.05) is 24.6 Å². The van der Waals surface area contributed by atoms with Gasteiger partial charge in [0.2, 0.25) is 5.75 Å². The van der Waals surface area contributed by atoms with Crippen molar-refractivity contribution in [1.29, 1.82) is 5.26 Å². The highest BCUT2D eigenvalue weighted by Crippen LogP contribution is 2.41. The van der Waals surface area contributed by atoms with Gasteiger partial charge in [0.1, 0.15) is 17.3 Å². The van der Waals surface area contributed by atoms with Crippen LogP contribution in [-0.4, -0.2) is 51.9 Å². The lowest BCUT2D eigenvalue weighted by molar-refractivity contribution is -0.132. The van der Waals surface area contributed by atoms with Crippen LogP contribution in [0.25, 0.3) is 11.3 Å². The molecule has 4 aromatic rings. The molecular weight excluding hydrogens is 606 g/mol. The maximum absolute atomic E-state index is 16.1. The van der Waals surface area contributed by atoms with Crippen LogP contribution in [0.5, 0.6) is 28.9 Å². The van der Waals surface area contributed by atoms with Gasteiger partial charge in [-0.2, -0.15) is 5.26 Å². The minimum Gasteiger partial charge on any atom is -0.504 e. The van der Waals surface area contributed by atoms with E-state index in [9.17, 15) is 9.90 Å². The number of hydrogen-bond donors (Lipinski definition) is 1. The van der Waals surface area contributed by atoms with E-state index in [0.717, 1.165) is 12.1 Å². The van der Waals surface area contributed by atoms with E-state index < -0.39 is 75.7 Å². The topological polar surface area (TPSA) is 130 Å². The molecule has 15 heteroatoms. The van der Waals surface area contributed by atoms with Gasteiger partial charge in [0.05, 0.1) is 59.7 Å². The summed E-state index contributed by atoms with van der Waals surface area (Å²) in [5.74, 6) is -9.47. The number of pyridine rings is 2. The lowest BCUT2D eigenvalue weighted by Gasteiger charge is -2.20. The number of phenols is 1. The van der Waals surface area contributed by atoms with Crippen LogP contribution in [0.1, 0.15) is 16.8 Å². The maximum Gasteiger partial charge on any atom is 0.324 e. The van der Waals surface area contributed by atoms with Gasteiger partial charge in [0.15, 0.2) is 34.8 Å². The molecule has 222 valence electrons. The molecule has 3 aliphatic heterocycles. The van der Waals surface area contributed by atoms with Crippen molar-refractivity contribution in [1.82, 2.24) is 14.9 Å². The quantitative estimate of drug-likeness (QED) is 0.225. The Hall–Kier alpha value is -5.36. The summed E-state index contributed by atoms with van der Waals surface area (Å²) in [6.07, 6.45) is -0.342. The molecule has 0 saturated heterocycles. The molecule has 2 aromatic heterocycles. The number of aliphatic imine (C=N–C) groups is 1. The molecule has 44 heavy (non-hydrogen) atoms. The molecule has 0 fully saturated rings. The number of aromatic hydroxyl groups is 1. The van der Waals surface area contributed by atoms with Crippen LogP contribution < -0.4 is 9.47 Å². The average molecular weight is 624 g/mol. The fourth-order valence-electron chi connectivity index (χ4n) is 4.47. The summed E-state index contributed by atoms with van der Waals surface area (Å²) in [5, 5.41) is 19.2. The van der Waals surface area contributed by atoms with Crippen LogP contribution in [0.4, 0.5) is 17.6 Å². The van der Waals surface area contributed by atoms with Gasteiger partial charge in [-0.3, -0.25) is 9.79 Å². The molecule has 2 aromatic carbocycles. The first-order valence-corrected chi connectivity index (χ1v) is 13.5. The van der Waals surface area contributed by atoms with Crippen molar-refractivity contribution in [3.8, 4) is 46.2 Å². The monoisotopic (exact) mass is 623 g/mol. The lowest BCUT2D eigenvalue weighted by atomic mass is 10.1. The van der Waals surface area contributed by atoms with Crippen LogP contribution in [0, 0.1) is 34.6 Å². The Morgan fingerprint density at radius 1 is 1.11 bits per heavy atom. The second-order valence-corrected chi connectivity index (χ2v) is 10.3. The zero-order chi connectivity index (χ0) is 31.1. The number of amidine groups is 1. The molecule has 0 amide bonds. The Morgan fingerprint density at radius 3 is 2.68 bits per heavy atom. The molecule has 0 atom stereocenters. The van der Waals surface area contributed by atoms with E-state index in [1.807, 2.05) is 6.07 Å². The van der Waals surface area contributed by atoms with Crippen molar-refractivity contribution >= 4 is 23.8 Å². The molecule has 0 aliphatic carbocycles. The number of phenolic OH excluding ortho intramolecular Hbond substituents is 1. The van der Waals surface area contributed by atoms with Crippen molar-refractivity contribution in [3.63, 3.8) is 0 Å². The Balaban J connectivity index is 1.52. The van der Waals surface area contributed by atoms with Gasteiger partial charge in [-0.15, -0.1) is 0 Å². The van der Waals surface area contributed by atoms with Crippen LogP contribution >= 0.6 is 12.0 Å². The van der Waals surface area contributed by atoms with E-state index in [0.29, 0.717) is 47.6 Å². The first-order valence-electron chi connectivity index (χ1n) is 12.7. The lowest BCUT2D eigenvalue weighted by Crippen LogP contribution is -2.24. The molecule has 7 rings (SSSR count). The predicted molar refractivity (Wildman–Crippen MR) is 146 cm³/mol. The number of rotatable bonds is 4. The van der Waals surface area contributed by atoms with Crippen LogP contribution in [0.2, 0.25) is 0 Å². The number of hydrogen-bond acceptors (Lipinski definition) is 11. The summed E-state index contributed by atoms with van der Waals surface area (Å²) in [6, 6.07) is 9.71. The smallest absolute Gasteiger partial charge is 0.324 e. The van der Waals surface area contributed by atoms with E-state index >= 15 is 17.6 Å². The van der Waals surface area contributed by atoms with Crippen molar-refractivity contribution in [2.75, 3.05) is 20.1 Å². The molecule has 10 nitrogen and oxygen atoms in total. The number of nitrogens with zero attached hydrogens (tertiary/aromatic N) is 5. The molecule has 0 spiro atoms. The van der Waals surface area contributed by atoms with Gasteiger partial charge in [-0.25, -0.2) is 27.5 Å². The molecule has 1 N–H and O–H groups in total. The molecule has 0 radical (unpaired) electrons. The normalized spacial score (nSPS) is 14.2. The van der Waals surface area contributed by atoms with E-state index in [1.165, 1.54) is 18.2 Å². The number of aromatic nitrogens is 2. The second kappa shape index (κ2) is 11.4. The molecule has 0 unspecified atom stereocenters. The SMILES string of the molecule is CN1CCN=C1c1cc2ccc1Oc1c(F)c(nc(-c3c(F)cnc(Oc4cc(C#N)ccc4O)c3F)c1F)CC(=O)OS2. The third kappa shape index (κ3) is 5.20. The van der Waals surface area contributed by atoms with Gasteiger partial charge < -0.3 is 23.7 Å². The Morgan fingerprint density at radius 2 is 1.93 bits per heavy atom. The number of nitriles is 1. The third-order valence-corrected chi connectivity index (χ3v) is 7.30. The summed E-state index contributed by atoms with van der Waals surface area (Å²) in [7, 11) is 1.76. The highest BCUT2D eigenvalue weighted by atomic mass is 32.2. The first kappa shape index (κ1) is 28.7. The van der Waals surface area contributed by atoms with Crippen molar-refractivity contribution < 1.29 is 41.1 Å². The summed E-state index contributed by atoms with van der Waals surface area (Å²) >= 11 is 0.684. The zero-order valence-electron chi connectivity index (χ0n) is 22.4. The number of ether oxygens (including phenoxy) is 2. The molecule has 0 saturated carbocycles. The maximum atomic E-state index is 16.1. The number of carbonyl (C=O) groups excluding carboxylic acids is 1. The van der Waals surface area contributed by atoms with Crippen molar-refractivity contribution in [2.45, 2.75) is 11.3 Å². The summed E-state index contributed by atoms with van der Waals surface area (Å²) in [5.41, 5.74) is -2.54. The molecule has 5 heterocycles. The first-order chi connectivity index (χ1) is 21.1. The van der Waals surface area contributed by atoms with Crippen LogP contribution in [0.15, 0.2) is 52.5 Å². The van der Waals surface area contributed by atoms with Crippen molar-refractivity contribution in [3.05, 3.63) is 82.7 Å². The van der Waals surface area contributed by atoms with E-state index in [4.69, 9.17) is 18.9 Å². The predicted octanol–water partition coefficient (Wildman–Crippen LogP) is 5.66. The Kier molecular flexibility index (Phi) is 7.43. The highest BCUT2D eigenvalue weighted by Gasteiger charge is 2.32. The van der Waals surface area contributed by atoms with E-state index in [1.54, 1.807) is 18.0 Å². The Labute approximate surface area is 250 Å². The van der Waals surface area contributed by atoms with E-state index in [2.05, 4.69) is 15.0 Å². The molecule has 3 aliphatic rings. The average Bonchev–Trinajstić information content (AvgIpc) is 3.44. The summed E-state index contributed by atoms with van der Waals surface area (Å²) < 4.78 is 79.0. The minimum absolute atomic E-state index is 0.0396. The zero-order valence-corrected chi connectivity index (χ0v) is 23.2. The number of fused-ring (bicyclic) bond motifs is 5. The van der Waals surface area contributed by atoms with Crippen LogP contribution in [-0.2, 0) is 15.4 Å². The minimum atomic E-state index is -1.59. The standard InChI is InChI=1S/C29H17F4N5O5S/c1-38-7-6-35-28(38)15-9-14-3-5-19(15)41-27-23(31)17(10-21(40)43-44-14)37-26(25(27)33)22-16(30)12-36-29(24(22)32)42-20-8-13(11-34)2-4-18(20)39/h2-5,8-9,12,39H,6-7,10H2,1H3. The van der Waals surface area contributed by atoms with Gasteiger partial charge in [-0.1, -0.05) is 0 Å². The van der Waals surface area contributed by atoms with Gasteiger partial charge in [-0.05, 0) is 30.3 Å².